The lowest BCUT2D eigenvalue weighted by molar-refractivity contribution is -0.274. The van der Waals surface area contributed by atoms with E-state index in [1.54, 1.807) is 24.3 Å². The van der Waals surface area contributed by atoms with Gasteiger partial charge in [-0.3, -0.25) is 4.79 Å². The second-order valence-corrected chi connectivity index (χ2v) is 9.71. The molecule has 2 fully saturated rings. The number of piperidine rings is 1. The van der Waals surface area contributed by atoms with E-state index in [1.807, 2.05) is 6.07 Å². The molecule has 0 unspecified atom stereocenters. The molecule has 0 aliphatic carbocycles. The van der Waals surface area contributed by atoms with Gasteiger partial charge in [0.2, 0.25) is 15.9 Å². The lowest BCUT2D eigenvalue weighted by Gasteiger charge is -2.33. The van der Waals surface area contributed by atoms with Gasteiger partial charge in [-0.05, 0) is 42.2 Å². The van der Waals surface area contributed by atoms with Gasteiger partial charge in [-0.25, -0.2) is 12.7 Å². The largest absolute Gasteiger partial charge is 0.573 e. The maximum Gasteiger partial charge on any atom is 0.573 e. The highest BCUT2D eigenvalue weighted by atomic mass is 32.2. The van der Waals surface area contributed by atoms with Crippen LogP contribution in [0.25, 0.3) is 0 Å². The Bertz CT molecular complexity index is 1040. The van der Waals surface area contributed by atoms with E-state index in [-0.39, 0.29) is 29.9 Å². The summed E-state index contributed by atoms with van der Waals surface area (Å²) in [5.74, 6) is -1.23. The van der Waals surface area contributed by atoms with Gasteiger partial charge in [0.15, 0.2) is 0 Å². The number of benzene rings is 2. The van der Waals surface area contributed by atoms with Gasteiger partial charge >= 0.3 is 6.36 Å². The third-order valence-electron chi connectivity index (χ3n) is 5.68. The highest BCUT2D eigenvalue weighted by Gasteiger charge is 2.46. The summed E-state index contributed by atoms with van der Waals surface area (Å²) in [7, 11) is -3.56. The summed E-state index contributed by atoms with van der Waals surface area (Å²) in [5.41, 5.74) is 1.15. The first kappa shape index (κ1) is 21.6. The van der Waals surface area contributed by atoms with Crippen molar-refractivity contribution in [3.05, 3.63) is 60.2 Å². The van der Waals surface area contributed by atoms with Crippen LogP contribution in [0.4, 0.5) is 18.9 Å². The summed E-state index contributed by atoms with van der Waals surface area (Å²) in [6.45, 7) is 0.800. The molecule has 0 N–H and O–H groups in total. The molecule has 2 atom stereocenters. The van der Waals surface area contributed by atoms with Crippen LogP contribution >= 0.6 is 0 Å². The van der Waals surface area contributed by atoms with Crippen LogP contribution in [0.2, 0.25) is 0 Å². The molecule has 2 saturated heterocycles. The van der Waals surface area contributed by atoms with Crippen LogP contribution in [-0.4, -0.2) is 44.6 Å². The SMILES string of the molecule is O=C1[C@@H]2CN(S(=O)(=O)Cc3ccccc3)C[C@@H]2CCN1c1ccc(OC(F)(F)F)cc1. The molecule has 31 heavy (non-hydrogen) atoms. The molecule has 2 aromatic carbocycles. The predicted octanol–water partition coefficient (Wildman–Crippen LogP) is 3.40. The molecule has 2 aliphatic heterocycles. The molecule has 0 aromatic heterocycles. The molecule has 2 heterocycles. The number of rotatable bonds is 5. The number of nitrogens with zero attached hydrogens (tertiary/aromatic N) is 2. The molecule has 2 aliphatic rings. The molecule has 2 aromatic rings. The molecule has 10 heteroatoms. The zero-order valence-electron chi connectivity index (χ0n) is 16.5. The molecule has 1 amide bonds. The molecule has 4 rings (SSSR count). The van der Waals surface area contributed by atoms with Crippen molar-refractivity contribution in [2.45, 2.75) is 18.5 Å². The van der Waals surface area contributed by atoms with Crippen LogP contribution in [0.15, 0.2) is 54.6 Å². The molecule has 0 radical (unpaired) electrons. The Morgan fingerprint density at radius 3 is 2.32 bits per heavy atom. The normalized spacial score (nSPS) is 22.4. The number of hydrogen-bond donors (Lipinski definition) is 0. The van der Waals surface area contributed by atoms with Gasteiger partial charge in [0.1, 0.15) is 5.75 Å². The topological polar surface area (TPSA) is 66.9 Å². The summed E-state index contributed by atoms with van der Waals surface area (Å²) in [6, 6.07) is 14.0. The van der Waals surface area contributed by atoms with Crippen molar-refractivity contribution < 1.29 is 31.1 Å². The number of amides is 1. The zero-order chi connectivity index (χ0) is 22.2. The number of fused-ring (bicyclic) bond motifs is 1. The Morgan fingerprint density at radius 1 is 1.00 bits per heavy atom. The minimum absolute atomic E-state index is 0.0675. The Balaban J connectivity index is 1.45. The Labute approximate surface area is 178 Å². The van der Waals surface area contributed by atoms with Crippen molar-refractivity contribution in [2.24, 2.45) is 11.8 Å². The van der Waals surface area contributed by atoms with Crippen molar-refractivity contribution in [2.75, 3.05) is 24.5 Å². The van der Waals surface area contributed by atoms with Crippen LogP contribution in [0.1, 0.15) is 12.0 Å². The lowest BCUT2D eigenvalue weighted by Crippen LogP contribution is -2.45. The number of carbonyl (C=O) groups excluding carboxylic acids is 1. The highest BCUT2D eigenvalue weighted by Crippen LogP contribution is 2.36. The molecule has 0 spiro atoms. The van der Waals surface area contributed by atoms with Gasteiger partial charge in [-0.2, -0.15) is 0 Å². The fourth-order valence-corrected chi connectivity index (χ4v) is 5.80. The maximum absolute atomic E-state index is 13.0. The molecule has 166 valence electrons. The van der Waals surface area contributed by atoms with Crippen molar-refractivity contribution in [3.63, 3.8) is 0 Å². The smallest absolute Gasteiger partial charge is 0.406 e. The van der Waals surface area contributed by atoms with Crippen LogP contribution in [0.5, 0.6) is 5.75 Å². The van der Waals surface area contributed by atoms with Crippen molar-refractivity contribution in [3.8, 4) is 5.75 Å². The Kier molecular flexibility index (Phi) is 5.69. The number of halogens is 3. The van der Waals surface area contributed by atoms with E-state index in [0.717, 1.165) is 12.1 Å². The third-order valence-corrected chi connectivity index (χ3v) is 7.46. The zero-order valence-corrected chi connectivity index (χ0v) is 17.3. The van der Waals surface area contributed by atoms with Crippen molar-refractivity contribution >= 4 is 21.6 Å². The fourth-order valence-electron chi connectivity index (χ4n) is 4.20. The summed E-state index contributed by atoms with van der Waals surface area (Å²) in [4.78, 5) is 14.6. The first-order valence-corrected chi connectivity index (χ1v) is 11.4. The summed E-state index contributed by atoms with van der Waals surface area (Å²) in [6.07, 6.45) is -4.16. The number of anilines is 1. The number of sulfonamides is 1. The van der Waals surface area contributed by atoms with E-state index in [2.05, 4.69) is 4.74 Å². The molecule has 0 saturated carbocycles. The Morgan fingerprint density at radius 2 is 1.68 bits per heavy atom. The Hall–Kier alpha value is -2.59. The van der Waals surface area contributed by atoms with E-state index in [1.165, 1.54) is 21.3 Å². The van der Waals surface area contributed by atoms with E-state index in [0.29, 0.717) is 30.8 Å². The van der Waals surface area contributed by atoms with E-state index in [4.69, 9.17) is 0 Å². The maximum atomic E-state index is 13.0. The van der Waals surface area contributed by atoms with Crippen molar-refractivity contribution in [1.29, 1.82) is 0 Å². The van der Waals surface area contributed by atoms with E-state index < -0.39 is 22.3 Å². The molecule has 6 nitrogen and oxygen atoms in total. The number of carbonyl (C=O) groups is 1. The highest BCUT2D eigenvalue weighted by molar-refractivity contribution is 7.88. The summed E-state index contributed by atoms with van der Waals surface area (Å²) >= 11 is 0. The van der Waals surface area contributed by atoms with Gasteiger partial charge in [0.05, 0.1) is 11.7 Å². The molecular weight excluding hydrogens is 433 g/mol. The minimum atomic E-state index is -4.78. The standard InChI is InChI=1S/C21H21F3N2O4S/c22-21(23,24)30-18-8-6-17(7-9-18)26-11-10-16-12-25(13-19(16)20(26)27)31(28,29)14-15-4-2-1-3-5-15/h1-9,16,19H,10-14H2/t16-,19+/m0/s1. The lowest BCUT2D eigenvalue weighted by atomic mass is 9.87. The summed E-state index contributed by atoms with van der Waals surface area (Å²) < 4.78 is 68.0. The van der Waals surface area contributed by atoms with Gasteiger partial charge in [-0.1, -0.05) is 30.3 Å². The van der Waals surface area contributed by atoms with Gasteiger partial charge in [0, 0.05) is 25.3 Å². The van der Waals surface area contributed by atoms with Crippen LogP contribution in [0.3, 0.4) is 0 Å². The van der Waals surface area contributed by atoms with Crippen LogP contribution < -0.4 is 9.64 Å². The second kappa shape index (κ2) is 8.16. The second-order valence-electron chi connectivity index (χ2n) is 7.75. The van der Waals surface area contributed by atoms with Gasteiger partial charge < -0.3 is 9.64 Å². The van der Waals surface area contributed by atoms with Gasteiger partial charge in [-0.15, -0.1) is 13.2 Å². The number of alkyl halides is 3. The average Bonchev–Trinajstić information content (AvgIpc) is 3.15. The number of hydrogen-bond acceptors (Lipinski definition) is 4. The van der Waals surface area contributed by atoms with E-state index >= 15 is 0 Å². The molecule has 0 bridgehead atoms. The molecular formula is C21H21F3N2O4S. The van der Waals surface area contributed by atoms with Crippen molar-refractivity contribution in [1.82, 2.24) is 4.31 Å². The predicted molar refractivity (Wildman–Crippen MR) is 108 cm³/mol. The van der Waals surface area contributed by atoms with Crippen LogP contribution in [-0.2, 0) is 20.6 Å². The fraction of sp³-hybridized carbons (Fsp3) is 0.381. The number of ether oxygens (including phenoxy) is 1. The first-order valence-electron chi connectivity index (χ1n) is 9.81. The van der Waals surface area contributed by atoms with E-state index in [9.17, 15) is 26.4 Å². The van der Waals surface area contributed by atoms with Crippen LogP contribution in [0, 0.1) is 11.8 Å². The van der Waals surface area contributed by atoms with Gasteiger partial charge in [0.25, 0.3) is 0 Å². The monoisotopic (exact) mass is 454 g/mol. The minimum Gasteiger partial charge on any atom is -0.406 e. The quantitative estimate of drug-likeness (QED) is 0.695. The average molecular weight is 454 g/mol. The third kappa shape index (κ3) is 4.85. The first-order chi connectivity index (χ1) is 14.6. The summed E-state index contributed by atoms with van der Waals surface area (Å²) in [5, 5.41) is 0.